The molecule has 6 nitrogen and oxygen atoms in total. The zero-order chi connectivity index (χ0) is 19.1. The second-order valence-electron chi connectivity index (χ2n) is 7.53. The van der Waals surface area contributed by atoms with Crippen LogP contribution in [0.5, 0.6) is 11.6 Å². The third-order valence-electron chi connectivity index (χ3n) is 3.84. The van der Waals surface area contributed by atoms with Crippen LogP contribution in [0.15, 0.2) is 22.7 Å². The van der Waals surface area contributed by atoms with Crippen molar-refractivity contribution in [2.75, 3.05) is 0 Å². The predicted octanol–water partition coefficient (Wildman–Crippen LogP) is 4.92. The fraction of sp³-hybridized carbons (Fsp3) is 0.368. The van der Waals surface area contributed by atoms with Gasteiger partial charge in [0.1, 0.15) is 22.9 Å². The molecular formula is C19H20BrN5O. The lowest BCUT2D eigenvalue weighted by atomic mass is 9.97. The topological polar surface area (TPSA) is 76.6 Å². The lowest BCUT2D eigenvalue weighted by molar-refractivity contribution is 0.327. The first-order valence-electron chi connectivity index (χ1n) is 8.27. The van der Waals surface area contributed by atoms with E-state index in [1.807, 2.05) is 36.7 Å². The molecule has 2 aromatic heterocycles. The molecule has 26 heavy (non-hydrogen) atoms. The van der Waals surface area contributed by atoms with E-state index in [4.69, 9.17) is 4.74 Å². The molecule has 1 aromatic carbocycles. The minimum atomic E-state index is 0.0903. The van der Waals surface area contributed by atoms with Gasteiger partial charge in [0.05, 0.1) is 9.99 Å². The van der Waals surface area contributed by atoms with Gasteiger partial charge in [-0.15, -0.1) is 5.10 Å². The maximum atomic E-state index is 9.41. The number of rotatable bonds is 3. The number of benzene rings is 1. The molecule has 3 rings (SSSR count). The molecule has 0 atom stereocenters. The quantitative estimate of drug-likeness (QED) is 0.608. The maximum absolute atomic E-state index is 9.41. The first kappa shape index (κ1) is 18.3. The summed E-state index contributed by atoms with van der Waals surface area (Å²) in [5.74, 6) is 0.849. The number of nitriles is 1. The van der Waals surface area contributed by atoms with E-state index in [2.05, 4.69) is 58.1 Å². The van der Waals surface area contributed by atoms with Crippen LogP contribution in [-0.2, 0) is 6.54 Å². The van der Waals surface area contributed by atoms with Crippen LogP contribution in [0.1, 0.15) is 37.6 Å². The standard InChI is InChI=1S/C19H20BrN5O/c1-11-8-12(2)22-18(13(11)9-21)26-15-7-6-14-17(16(15)20)23-24-25(14)10-19(3,4)5/h6-8H,10H2,1-5H3. The number of hydrogen-bond acceptors (Lipinski definition) is 5. The van der Waals surface area contributed by atoms with Crippen molar-refractivity contribution in [3.63, 3.8) is 0 Å². The van der Waals surface area contributed by atoms with Crippen LogP contribution in [0.25, 0.3) is 11.0 Å². The molecule has 7 heteroatoms. The van der Waals surface area contributed by atoms with Crippen LogP contribution >= 0.6 is 15.9 Å². The molecule has 2 heterocycles. The smallest absolute Gasteiger partial charge is 0.237 e. The molecule has 0 saturated carbocycles. The molecule has 0 aliphatic carbocycles. The fourth-order valence-corrected chi connectivity index (χ4v) is 3.24. The summed E-state index contributed by atoms with van der Waals surface area (Å²) in [6.45, 7) is 11.0. The Balaban J connectivity index is 2.03. The highest BCUT2D eigenvalue weighted by atomic mass is 79.9. The Morgan fingerprint density at radius 1 is 1.27 bits per heavy atom. The maximum Gasteiger partial charge on any atom is 0.237 e. The average molecular weight is 414 g/mol. The minimum absolute atomic E-state index is 0.0903. The SMILES string of the molecule is Cc1cc(C)c(C#N)c(Oc2ccc3c(nnn3CC(C)(C)C)c2Br)n1. The van der Waals surface area contributed by atoms with Gasteiger partial charge < -0.3 is 4.74 Å². The molecule has 134 valence electrons. The van der Waals surface area contributed by atoms with Crippen molar-refractivity contribution in [1.29, 1.82) is 5.26 Å². The highest BCUT2D eigenvalue weighted by Crippen LogP contribution is 2.36. The lowest BCUT2D eigenvalue weighted by Crippen LogP contribution is -2.16. The first-order valence-corrected chi connectivity index (χ1v) is 9.07. The minimum Gasteiger partial charge on any atom is -0.436 e. The van der Waals surface area contributed by atoms with Crippen LogP contribution in [-0.4, -0.2) is 20.0 Å². The lowest BCUT2D eigenvalue weighted by Gasteiger charge is -2.18. The molecule has 0 fully saturated rings. The van der Waals surface area contributed by atoms with Gasteiger partial charge in [-0.1, -0.05) is 26.0 Å². The summed E-state index contributed by atoms with van der Waals surface area (Å²) in [5, 5.41) is 18.0. The van der Waals surface area contributed by atoms with Crippen LogP contribution in [0, 0.1) is 30.6 Å². The summed E-state index contributed by atoms with van der Waals surface area (Å²) < 4.78 is 8.54. The third-order valence-corrected chi connectivity index (χ3v) is 4.61. The first-order chi connectivity index (χ1) is 12.2. The Kier molecular flexibility index (Phi) is 4.72. The van der Waals surface area contributed by atoms with Gasteiger partial charge in [-0.3, -0.25) is 0 Å². The van der Waals surface area contributed by atoms with E-state index in [9.17, 15) is 5.26 Å². The van der Waals surface area contributed by atoms with E-state index in [1.54, 1.807) is 0 Å². The summed E-state index contributed by atoms with van der Waals surface area (Å²) in [5.41, 5.74) is 3.79. The molecule has 0 bridgehead atoms. The van der Waals surface area contributed by atoms with E-state index >= 15 is 0 Å². The second-order valence-corrected chi connectivity index (χ2v) is 8.32. The van der Waals surface area contributed by atoms with Crippen molar-refractivity contribution in [3.05, 3.63) is 39.5 Å². The zero-order valence-electron chi connectivity index (χ0n) is 15.5. The molecule has 0 saturated heterocycles. The summed E-state index contributed by atoms with van der Waals surface area (Å²) in [6.07, 6.45) is 0. The van der Waals surface area contributed by atoms with Crippen molar-refractivity contribution >= 4 is 27.0 Å². The summed E-state index contributed by atoms with van der Waals surface area (Å²) in [6, 6.07) is 7.79. The number of aromatic nitrogens is 4. The van der Waals surface area contributed by atoms with E-state index in [1.165, 1.54) is 0 Å². The Morgan fingerprint density at radius 2 is 2.00 bits per heavy atom. The molecule has 0 aliphatic rings. The molecule has 0 N–H and O–H groups in total. The summed E-state index contributed by atoms with van der Waals surface area (Å²) >= 11 is 3.56. The van der Waals surface area contributed by atoms with Gasteiger partial charge in [0.15, 0.2) is 0 Å². The molecule has 0 amide bonds. The Labute approximate surface area is 160 Å². The van der Waals surface area contributed by atoms with Gasteiger partial charge >= 0.3 is 0 Å². The zero-order valence-corrected chi connectivity index (χ0v) is 17.0. The molecular weight excluding hydrogens is 394 g/mol. The normalized spacial score (nSPS) is 11.6. The number of aryl methyl sites for hydroxylation is 2. The number of nitrogens with zero attached hydrogens (tertiary/aromatic N) is 5. The highest BCUT2D eigenvalue weighted by Gasteiger charge is 2.19. The molecule has 0 radical (unpaired) electrons. The van der Waals surface area contributed by atoms with Crippen LogP contribution in [0.2, 0.25) is 0 Å². The van der Waals surface area contributed by atoms with Crippen molar-refractivity contribution < 1.29 is 4.74 Å². The number of fused-ring (bicyclic) bond motifs is 1. The summed E-state index contributed by atoms with van der Waals surface area (Å²) in [4.78, 5) is 4.37. The van der Waals surface area contributed by atoms with Gasteiger partial charge in [0, 0.05) is 12.2 Å². The highest BCUT2D eigenvalue weighted by molar-refractivity contribution is 9.10. The van der Waals surface area contributed by atoms with Crippen molar-refractivity contribution in [2.24, 2.45) is 5.41 Å². The fourth-order valence-electron chi connectivity index (χ4n) is 2.75. The predicted molar refractivity (Wildman–Crippen MR) is 103 cm³/mol. The van der Waals surface area contributed by atoms with Gasteiger partial charge in [-0.05, 0) is 59.0 Å². The van der Waals surface area contributed by atoms with E-state index in [-0.39, 0.29) is 5.41 Å². The largest absolute Gasteiger partial charge is 0.436 e. The van der Waals surface area contributed by atoms with Crippen molar-refractivity contribution in [1.82, 2.24) is 20.0 Å². The van der Waals surface area contributed by atoms with Gasteiger partial charge in [0.25, 0.3) is 0 Å². The molecule has 0 unspecified atom stereocenters. The average Bonchev–Trinajstić information content (AvgIpc) is 2.91. The van der Waals surface area contributed by atoms with Gasteiger partial charge in [-0.25, -0.2) is 9.67 Å². The Morgan fingerprint density at radius 3 is 2.65 bits per heavy atom. The number of pyridine rings is 1. The van der Waals surface area contributed by atoms with Crippen LogP contribution < -0.4 is 4.74 Å². The van der Waals surface area contributed by atoms with Gasteiger partial charge in [-0.2, -0.15) is 5.26 Å². The molecule has 0 spiro atoms. The monoisotopic (exact) mass is 413 g/mol. The second kappa shape index (κ2) is 6.69. The van der Waals surface area contributed by atoms with Crippen molar-refractivity contribution in [2.45, 2.75) is 41.2 Å². The number of halogens is 1. The number of ether oxygens (including phenoxy) is 1. The van der Waals surface area contributed by atoms with E-state index in [0.29, 0.717) is 21.7 Å². The van der Waals surface area contributed by atoms with E-state index < -0.39 is 0 Å². The molecule has 0 aliphatic heterocycles. The third kappa shape index (κ3) is 3.56. The Hall–Kier alpha value is -2.46. The van der Waals surface area contributed by atoms with Crippen LogP contribution in [0.4, 0.5) is 0 Å². The van der Waals surface area contributed by atoms with Crippen molar-refractivity contribution in [3.8, 4) is 17.7 Å². The number of hydrogen-bond donors (Lipinski definition) is 0. The summed E-state index contributed by atoms with van der Waals surface area (Å²) in [7, 11) is 0. The molecule has 3 aromatic rings. The van der Waals surface area contributed by atoms with Gasteiger partial charge in [0.2, 0.25) is 5.88 Å². The van der Waals surface area contributed by atoms with Crippen LogP contribution in [0.3, 0.4) is 0 Å². The Bertz CT molecular complexity index is 1030. The van der Waals surface area contributed by atoms with E-state index in [0.717, 1.165) is 28.8 Å².